The number of hydrogen-bond acceptors (Lipinski definition) is 3. The molecule has 1 unspecified atom stereocenters. The molecular weight excluding hydrogens is 308 g/mol. The molecule has 0 aliphatic rings. The Morgan fingerprint density at radius 2 is 2.05 bits per heavy atom. The molecule has 104 valence electrons. The minimum Gasteiger partial charge on any atom is -0.464 e. The number of rotatable bonds is 7. The number of ether oxygens (including phenoxy) is 2. The Morgan fingerprint density at radius 3 is 2.63 bits per heavy atom. The van der Waals surface area contributed by atoms with E-state index < -0.39 is 6.10 Å². The first-order valence-corrected chi connectivity index (χ1v) is 7.39. The zero-order chi connectivity index (χ0) is 14.1. The van der Waals surface area contributed by atoms with Crippen LogP contribution in [0.4, 0.5) is 0 Å². The number of carbonyl (C=O) groups is 1. The van der Waals surface area contributed by atoms with Crippen molar-refractivity contribution in [3.05, 3.63) is 41.5 Å². The number of benzene rings is 1. The van der Waals surface area contributed by atoms with E-state index in [1.54, 1.807) is 13.8 Å². The van der Waals surface area contributed by atoms with Crippen molar-refractivity contribution in [1.29, 1.82) is 0 Å². The lowest BCUT2D eigenvalue weighted by Gasteiger charge is -2.11. The predicted octanol–water partition coefficient (Wildman–Crippen LogP) is 3.56. The van der Waals surface area contributed by atoms with Gasteiger partial charge in [0.15, 0.2) is 6.10 Å². The third-order valence-corrected chi connectivity index (χ3v) is 2.87. The summed E-state index contributed by atoms with van der Waals surface area (Å²) >= 11 is 3.34. The second-order valence-electron chi connectivity index (χ2n) is 4.00. The van der Waals surface area contributed by atoms with Crippen LogP contribution in [0.1, 0.15) is 25.0 Å². The summed E-state index contributed by atoms with van der Waals surface area (Å²) in [5.41, 5.74) is 2.17. The lowest BCUT2D eigenvalue weighted by molar-refractivity contribution is -0.156. The number of hydrogen-bond donors (Lipinski definition) is 0. The molecule has 0 bridgehead atoms. The molecule has 0 N–H and O–H groups in total. The largest absolute Gasteiger partial charge is 0.464 e. The van der Waals surface area contributed by atoms with E-state index in [9.17, 15) is 4.79 Å². The molecule has 0 spiro atoms. The summed E-state index contributed by atoms with van der Waals surface area (Å²) in [6.07, 6.45) is 3.54. The molecule has 1 rings (SSSR count). The number of alkyl halides is 1. The smallest absolute Gasteiger partial charge is 0.334 e. The van der Waals surface area contributed by atoms with Crippen LogP contribution >= 0.6 is 15.9 Å². The maximum atomic E-state index is 11.4. The van der Waals surface area contributed by atoms with E-state index in [0.29, 0.717) is 13.2 Å². The van der Waals surface area contributed by atoms with Gasteiger partial charge in [0.2, 0.25) is 0 Å². The van der Waals surface area contributed by atoms with E-state index >= 15 is 0 Å². The maximum Gasteiger partial charge on any atom is 0.334 e. The van der Waals surface area contributed by atoms with Gasteiger partial charge in [0.25, 0.3) is 0 Å². The molecular formula is C15H19BrO3. The average Bonchev–Trinajstić information content (AvgIpc) is 2.43. The minimum absolute atomic E-state index is 0.320. The van der Waals surface area contributed by atoms with E-state index in [2.05, 4.69) is 15.9 Å². The highest BCUT2D eigenvalue weighted by Crippen LogP contribution is 2.09. The van der Waals surface area contributed by atoms with Crippen LogP contribution in [0.15, 0.2) is 30.3 Å². The monoisotopic (exact) mass is 326 g/mol. The molecule has 0 amide bonds. The van der Waals surface area contributed by atoms with E-state index in [-0.39, 0.29) is 5.97 Å². The van der Waals surface area contributed by atoms with Gasteiger partial charge in [-0.05, 0) is 25.0 Å². The first kappa shape index (κ1) is 15.9. The molecule has 0 aliphatic heterocycles. The van der Waals surface area contributed by atoms with Crippen LogP contribution in [0.3, 0.4) is 0 Å². The highest BCUT2D eigenvalue weighted by atomic mass is 79.9. The number of allylic oxidation sites excluding steroid dienone is 1. The lowest BCUT2D eigenvalue weighted by atomic mass is 10.1. The summed E-state index contributed by atoms with van der Waals surface area (Å²) in [5.74, 6) is -0.320. The van der Waals surface area contributed by atoms with Gasteiger partial charge in [0.05, 0.1) is 13.2 Å². The first-order chi connectivity index (χ1) is 9.17. The van der Waals surface area contributed by atoms with Crippen LogP contribution in [0.25, 0.3) is 6.08 Å². The van der Waals surface area contributed by atoms with Gasteiger partial charge in [0, 0.05) is 5.33 Å². The molecule has 0 saturated carbocycles. The van der Waals surface area contributed by atoms with E-state index in [1.165, 1.54) is 0 Å². The third-order valence-electron chi connectivity index (χ3n) is 2.50. The lowest BCUT2D eigenvalue weighted by Crippen LogP contribution is -2.23. The quantitative estimate of drug-likeness (QED) is 0.567. The Balaban J connectivity index is 2.45. The maximum absolute atomic E-state index is 11.4. The van der Waals surface area contributed by atoms with Gasteiger partial charge in [-0.3, -0.25) is 0 Å². The number of halogens is 1. The fourth-order valence-corrected chi connectivity index (χ4v) is 1.64. The Morgan fingerprint density at radius 1 is 1.37 bits per heavy atom. The molecule has 19 heavy (non-hydrogen) atoms. The molecule has 0 heterocycles. The second kappa shape index (κ2) is 8.88. The number of carbonyl (C=O) groups excluding carboxylic acids is 1. The van der Waals surface area contributed by atoms with Crippen molar-refractivity contribution in [1.82, 2.24) is 0 Å². The van der Waals surface area contributed by atoms with Crippen LogP contribution < -0.4 is 0 Å². The zero-order valence-corrected chi connectivity index (χ0v) is 12.9. The summed E-state index contributed by atoms with van der Waals surface area (Å²) in [5, 5.41) is 0.842. The van der Waals surface area contributed by atoms with E-state index in [1.807, 2.05) is 36.4 Å². The van der Waals surface area contributed by atoms with Crippen molar-refractivity contribution in [3.63, 3.8) is 0 Å². The Kier molecular flexibility index (Phi) is 7.45. The Hall–Kier alpha value is -1.13. The molecule has 1 aromatic rings. The fraction of sp³-hybridized carbons (Fsp3) is 0.400. The highest BCUT2D eigenvalue weighted by molar-refractivity contribution is 9.09. The molecule has 1 atom stereocenters. The van der Waals surface area contributed by atoms with Gasteiger partial charge in [-0.2, -0.15) is 0 Å². The molecule has 4 heteroatoms. The summed E-state index contributed by atoms with van der Waals surface area (Å²) in [6, 6.07) is 8.03. The topological polar surface area (TPSA) is 35.5 Å². The summed E-state index contributed by atoms with van der Waals surface area (Å²) in [7, 11) is 0. The third kappa shape index (κ3) is 6.03. The van der Waals surface area contributed by atoms with Crippen molar-refractivity contribution in [2.24, 2.45) is 0 Å². The SMILES string of the molecule is CCOC(=O)C(C)OCc1ccc(C=CCBr)cc1. The van der Waals surface area contributed by atoms with Crippen LogP contribution in [0, 0.1) is 0 Å². The van der Waals surface area contributed by atoms with Crippen LogP contribution in [-0.2, 0) is 20.9 Å². The van der Waals surface area contributed by atoms with Gasteiger partial charge in [-0.15, -0.1) is 0 Å². The molecule has 0 aromatic heterocycles. The van der Waals surface area contributed by atoms with Crippen LogP contribution in [0.2, 0.25) is 0 Å². The van der Waals surface area contributed by atoms with Crippen LogP contribution in [-0.4, -0.2) is 24.0 Å². The molecule has 0 radical (unpaired) electrons. The van der Waals surface area contributed by atoms with Crippen molar-refractivity contribution >= 4 is 28.0 Å². The van der Waals surface area contributed by atoms with E-state index in [4.69, 9.17) is 9.47 Å². The van der Waals surface area contributed by atoms with Crippen molar-refractivity contribution < 1.29 is 14.3 Å². The van der Waals surface area contributed by atoms with Gasteiger partial charge < -0.3 is 9.47 Å². The predicted molar refractivity (Wildman–Crippen MR) is 80.2 cm³/mol. The standard InChI is InChI=1S/C15H19BrO3/c1-3-18-15(17)12(2)19-11-14-8-6-13(7-9-14)5-4-10-16/h4-9,12H,3,10-11H2,1-2H3. The molecule has 3 nitrogen and oxygen atoms in total. The fourth-order valence-electron chi connectivity index (χ4n) is 1.45. The van der Waals surface area contributed by atoms with Crippen molar-refractivity contribution in [3.8, 4) is 0 Å². The molecule has 0 aliphatic carbocycles. The summed E-state index contributed by atoms with van der Waals surface area (Å²) < 4.78 is 10.3. The van der Waals surface area contributed by atoms with Gasteiger partial charge >= 0.3 is 5.97 Å². The minimum atomic E-state index is -0.534. The van der Waals surface area contributed by atoms with E-state index in [0.717, 1.165) is 16.5 Å². The first-order valence-electron chi connectivity index (χ1n) is 6.27. The van der Waals surface area contributed by atoms with Crippen molar-refractivity contribution in [2.75, 3.05) is 11.9 Å². The average molecular weight is 327 g/mol. The Labute approximate surface area is 122 Å². The molecule has 0 fully saturated rings. The van der Waals surface area contributed by atoms with Gasteiger partial charge in [-0.25, -0.2) is 4.79 Å². The zero-order valence-electron chi connectivity index (χ0n) is 11.3. The normalized spacial score (nSPS) is 12.6. The van der Waals surface area contributed by atoms with Gasteiger partial charge in [-0.1, -0.05) is 52.3 Å². The Bertz CT molecular complexity index is 412. The highest BCUT2D eigenvalue weighted by Gasteiger charge is 2.13. The number of esters is 1. The molecule has 0 saturated heterocycles. The second-order valence-corrected chi connectivity index (χ2v) is 4.65. The van der Waals surface area contributed by atoms with Crippen molar-refractivity contribution in [2.45, 2.75) is 26.6 Å². The van der Waals surface area contributed by atoms with Crippen LogP contribution in [0.5, 0.6) is 0 Å². The summed E-state index contributed by atoms with van der Waals surface area (Å²) in [6.45, 7) is 4.26. The molecule has 1 aromatic carbocycles. The van der Waals surface area contributed by atoms with Gasteiger partial charge in [0.1, 0.15) is 0 Å². The summed E-state index contributed by atoms with van der Waals surface area (Å²) in [4.78, 5) is 11.4.